The predicted molar refractivity (Wildman–Crippen MR) is 139 cm³/mol. The molecule has 1 heterocycles. The molecule has 0 atom stereocenters. The van der Waals surface area contributed by atoms with Crippen LogP contribution in [0.25, 0.3) is 0 Å². The molecule has 1 N–H and O–H groups in total. The molecule has 0 aliphatic carbocycles. The van der Waals surface area contributed by atoms with Crippen LogP contribution < -0.4 is 9.62 Å². The minimum Gasteiger partial charge on any atom is -0.325 e. The minimum atomic E-state index is -4.01. The molecule has 0 aliphatic heterocycles. The fourth-order valence-corrected chi connectivity index (χ4v) is 5.14. The summed E-state index contributed by atoms with van der Waals surface area (Å²) in [4.78, 5) is 17.0. The zero-order chi connectivity index (χ0) is 24.8. The molecule has 0 saturated carbocycles. The van der Waals surface area contributed by atoms with Gasteiger partial charge < -0.3 is 5.32 Å². The number of nitrogens with one attached hydrogen (secondary N) is 1. The number of amides is 1. The van der Waals surface area contributed by atoms with Crippen LogP contribution in [0.3, 0.4) is 0 Å². The van der Waals surface area contributed by atoms with Crippen molar-refractivity contribution in [1.29, 1.82) is 0 Å². The first kappa shape index (κ1) is 24.4. The molecular formula is C27H24ClN3O3S. The highest BCUT2D eigenvalue weighted by Crippen LogP contribution is 2.25. The summed E-state index contributed by atoms with van der Waals surface area (Å²) in [5.74, 6) is -0.453. The summed E-state index contributed by atoms with van der Waals surface area (Å²) >= 11 is 5.93. The molecule has 0 unspecified atom stereocenters. The predicted octanol–water partition coefficient (Wildman–Crippen LogP) is 5.47. The Labute approximate surface area is 210 Å². The molecule has 4 rings (SSSR count). The van der Waals surface area contributed by atoms with E-state index in [9.17, 15) is 13.2 Å². The van der Waals surface area contributed by atoms with Crippen molar-refractivity contribution in [1.82, 2.24) is 4.98 Å². The van der Waals surface area contributed by atoms with Crippen LogP contribution in [0.15, 0.2) is 102 Å². The lowest BCUT2D eigenvalue weighted by atomic mass is 10.1. The second-order valence-corrected chi connectivity index (χ2v) is 10.4. The first-order chi connectivity index (χ1) is 16.8. The molecule has 8 heteroatoms. The van der Waals surface area contributed by atoms with E-state index in [0.29, 0.717) is 16.4 Å². The number of aromatic nitrogens is 1. The number of halogens is 1. The molecule has 0 spiro atoms. The Balaban J connectivity index is 1.53. The van der Waals surface area contributed by atoms with Crippen molar-refractivity contribution in [3.8, 4) is 0 Å². The maximum atomic E-state index is 13.5. The van der Waals surface area contributed by atoms with E-state index in [2.05, 4.69) is 10.3 Å². The van der Waals surface area contributed by atoms with Crippen LogP contribution >= 0.6 is 11.6 Å². The van der Waals surface area contributed by atoms with Crippen LogP contribution in [0.5, 0.6) is 0 Å². The van der Waals surface area contributed by atoms with Gasteiger partial charge in [0.25, 0.3) is 10.0 Å². The number of rotatable bonds is 8. The summed E-state index contributed by atoms with van der Waals surface area (Å²) in [7, 11) is -4.01. The van der Waals surface area contributed by atoms with Gasteiger partial charge in [-0.3, -0.25) is 14.1 Å². The molecule has 0 aliphatic rings. The second-order valence-electron chi connectivity index (χ2n) is 8.08. The molecule has 0 saturated heterocycles. The van der Waals surface area contributed by atoms with Gasteiger partial charge in [-0.15, -0.1) is 0 Å². The average Bonchev–Trinajstić information content (AvgIpc) is 2.84. The van der Waals surface area contributed by atoms with Crippen molar-refractivity contribution in [2.45, 2.75) is 18.2 Å². The first-order valence-corrected chi connectivity index (χ1v) is 12.8. The third-order valence-electron chi connectivity index (χ3n) is 5.37. The number of carbonyl (C=O) groups is 1. The molecule has 0 radical (unpaired) electrons. The molecule has 4 aromatic rings. The first-order valence-electron chi connectivity index (χ1n) is 10.9. The molecular weight excluding hydrogens is 482 g/mol. The van der Waals surface area contributed by atoms with E-state index < -0.39 is 15.9 Å². The number of anilines is 2. The number of carbonyl (C=O) groups excluding carboxylic acids is 1. The van der Waals surface area contributed by atoms with Crippen molar-refractivity contribution in [2.75, 3.05) is 16.2 Å². The molecule has 0 bridgehead atoms. The van der Waals surface area contributed by atoms with Crippen molar-refractivity contribution in [3.63, 3.8) is 0 Å². The maximum absolute atomic E-state index is 13.5. The van der Waals surface area contributed by atoms with E-state index in [4.69, 9.17) is 11.6 Å². The number of sulfonamides is 1. The molecule has 1 amide bonds. The Morgan fingerprint density at radius 3 is 2.23 bits per heavy atom. The summed E-state index contributed by atoms with van der Waals surface area (Å²) in [5.41, 5.74) is 4.09. The number of nitrogens with zero attached hydrogens (tertiary/aromatic N) is 2. The zero-order valence-corrected chi connectivity index (χ0v) is 20.6. The van der Waals surface area contributed by atoms with Gasteiger partial charge in [-0.1, -0.05) is 35.9 Å². The fourth-order valence-electron chi connectivity index (χ4n) is 3.61. The van der Waals surface area contributed by atoms with Gasteiger partial charge in [0.05, 0.1) is 10.6 Å². The lowest BCUT2D eigenvalue weighted by molar-refractivity contribution is -0.114. The van der Waals surface area contributed by atoms with Gasteiger partial charge >= 0.3 is 0 Å². The summed E-state index contributed by atoms with van der Waals surface area (Å²) in [5, 5.41) is 3.23. The van der Waals surface area contributed by atoms with Gasteiger partial charge in [-0.05, 0) is 90.7 Å². The Morgan fingerprint density at radius 2 is 1.57 bits per heavy atom. The fraction of sp³-hybridized carbons (Fsp3) is 0.111. The summed E-state index contributed by atoms with van der Waals surface area (Å²) in [6.45, 7) is 1.48. The van der Waals surface area contributed by atoms with Crippen molar-refractivity contribution in [3.05, 3.63) is 119 Å². The van der Waals surface area contributed by atoms with E-state index in [1.54, 1.807) is 42.7 Å². The monoisotopic (exact) mass is 505 g/mol. The molecule has 6 nitrogen and oxygen atoms in total. The van der Waals surface area contributed by atoms with E-state index in [-0.39, 0.29) is 11.4 Å². The van der Waals surface area contributed by atoms with Crippen LogP contribution in [0.4, 0.5) is 11.4 Å². The standard InChI is InChI=1S/C27H24ClN3O3S/c1-20-3-2-4-25(17-20)31(35(33,34)26-11-7-23(28)8-12-26)19-27(32)30-24-9-5-21(6-10-24)18-22-13-15-29-16-14-22/h2-17H,18-19H2,1H3,(H,30,32). The highest BCUT2D eigenvalue weighted by molar-refractivity contribution is 7.92. The highest BCUT2D eigenvalue weighted by Gasteiger charge is 2.27. The third kappa shape index (κ3) is 6.26. The number of hydrogen-bond donors (Lipinski definition) is 1. The van der Waals surface area contributed by atoms with Crippen molar-refractivity contribution < 1.29 is 13.2 Å². The van der Waals surface area contributed by atoms with E-state index in [0.717, 1.165) is 27.4 Å². The van der Waals surface area contributed by atoms with Crippen LogP contribution in [-0.4, -0.2) is 25.9 Å². The second kappa shape index (κ2) is 10.7. The SMILES string of the molecule is Cc1cccc(N(CC(=O)Nc2ccc(Cc3ccncc3)cc2)S(=O)(=O)c2ccc(Cl)cc2)c1. The Bertz CT molecular complexity index is 1410. The normalized spacial score (nSPS) is 11.1. The van der Waals surface area contributed by atoms with E-state index >= 15 is 0 Å². The molecule has 1 aromatic heterocycles. The lowest BCUT2D eigenvalue weighted by Crippen LogP contribution is -2.38. The van der Waals surface area contributed by atoms with Gasteiger partial charge in [0.1, 0.15) is 6.54 Å². The van der Waals surface area contributed by atoms with Crippen LogP contribution in [0.2, 0.25) is 5.02 Å². The van der Waals surface area contributed by atoms with Gasteiger partial charge in [-0.2, -0.15) is 0 Å². The van der Waals surface area contributed by atoms with Crippen LogP contribution in [0.1, 0.15) is 16.7 Å². The number of aryl methyl sites for hydroxylation is 1. The largest absolute Gasteiger partial charge is 0.325 e. The van der Waals surface area contributed by atoms with Crippen molar-refractivity contribution >= 4 is 38.9 Å². The van der Waals surface area contributed by atoms with Gasteiger partial charge in [0, 0.05) is 23.1 Å². The van der Waals surface area contributed by atoms with E-state index in [1.807, 2.05) is 37.3 Å². The molecule has 0 fully saturated rings. The van der Waals surface area contributed by atoms with Crippen LogP contribution in [0, 0.1) is 6.92 Å². The maximum Gasteiger partial charge on any atom is 0.264 e. The van der Waals surface area contributed by atoms with E-state index in [1.165, 1.54) is 24.3 Å². The quantitative estimate of drug-likeness (QED) is 0.344. The Kier molecular flexibility index (Phi) is 7.48. The van der Waals surface area contributed by atoms with Crippen LogP contribution in [-0.2, 0) is 21.2 Å². The topological polar surface area (TPSA) is 79.4 Å². The lowest BCUT2D eigenvalue weighted by Gasteiger charge is -2.24. The van der Waals surface area contributed by atoms with Gasteiger partial charge in [-0.25, -0.2) is 8.42 Å². The van der Waals surface area contributed by atoms with Gasteiger partial charge in [0.15, 0.2) is 0 Å². The molecule has 35 heavy (non-hydrogen) atoms. The number of pyridine rings is 1. The number of benzene rings is 3. The smallest absolute Gasteiger partial charge is 0.264 e. The summed E-state index contributed by atoms with van der Waals surface area (Å²) in [6, 6.07) is 24.3. The van der Waals surface area contributed by atoms with Crippen molar-refractivity contribution in [2.24, 2.45) is 0 Å². The molecule has 3 aromatic carbocycles. The Hall–Kier alpha value is -3.68. The minimum absolute atomic E-state index is 0.0525. The number of hydrogen-bond acceptors (Lipinski definition) is 4. The third-order valence-corrected chi connectivity index (χ3v) is 7.41. The highest BCUT2D eigenvalue weighted by atomic mass is 35.5. The summed E-state index contributed by atoms with van der Waals surface area (Å²) < 4.78 is 28.0. The Morgan fingerprint density at radius 1 is 0.914 bits per heavy atom. The molecule has 178 valence electrons. The zero-order valence-electron chi connectivity index (χ0n) is 19.1. The average molecular weight is 506 g/mol. The van der Waals surface area contributed by atoms with Gasteiger partial charge in [0.2, 0.25) is 5.91 Å². The summed E-state index contributed by atoms with van der Waals surface area (Å²) in [6.07, 6.45) is 4.25.